The fraction of sp³-hybridized carbons (Fsp3) is 0.611. The zero-order chi connectivity index (χ0) is 18.9. The van der Waals surface area contributed by atoms with Crippen LogP contribution in [0, 0.1) is 11.3 Å². The van der Waals surface area contributed by atoms with Crippen LogP contribution >= 0.6 is 15.9 Å². The van der Waals surface area contributed by atoms with Gasteiger partial charge in [-0.3, -0.25) is 4.90 Å². The summed E-state index contributed by atoms with van der Waals surface area (Å²) in [5.41, 5.74) is -0.154. The van der Waals surface area contributed by atoms with Gasteiger partial charge in [0.2, 0.25) is 5.88 Å². The van der Waals surface area contributed by atoms with Crippen molar-refractivity contribution in [1.29, 1.82) is 5.26 Å². The van der Waals surface area contributed by atoms with Crippen LogP contribution < -0.4 is 4.74 Å². The van der Waals surface area contributed by atoms with Gasteiger partial charge in [0, 0.05) is 23.5 Å². The Bertz CT molecular complexity index is 714. The number of rotatable bonds is 2. The van der Waals surface area contributed by atoms with Gasteiger partial charge in [0.1, 0.15) is 23.3 Å². The molecule has 140 valence electrons. The number of morpholine rings is 1. The van der Waals surface area contributed by atoms with Crippen LogP contribution in [0.1, 0.15) is 39.2 Å². The molecule has 2 aliphatic rings. The predicted molar refractivity (Wildman–Crippen MR) is 96.8 cm³/mol. The molecule has 0 N–H and O–H groups in total. The highest BCUT2D eigenvalue weighted by atomic mass is 79.9. The third-order valence-corrected chi connectivity index (χ3v) is 4.73. The lowest BCUT2D eigenvalue weighted by Gasteiger charge is -2.47. The molecule has 2 atom stereocenters. The van der Waals surface area contributed by atoms with E-state index in [1.165, 1.54) is 0 Å². The molecule has 0 aromatic carbocycles. The number of pyridine rings is 1. The molecule has 7 nitrogen and oxygen atoms in total. The van der Waals surface area contributed by atoms with Crippen molar-refractivity contribution in [2.75, 3.05) is 13.2 Å². The molecule has 3 heterocycles. The van der Waals surface area contributed by atoms with Gasteiger partial charge in [-0.15, -0.1) is 0 Å². The van der Waals surface area contributed by atoms with Gasteiger partial charge < -0.3 is 14.2 Å². The lowest BCUT2D eigenvalue weighted by molar-refractivity contribution is -0.0998. The van der Waals surface area contributed by atoms with Crippen LogP contribution in [-0.4, -0.2) is 53.0 Å². The van der Waals surface area contributed by atoms with Crippen LogP contribution in [0.25, 0.3) is 0 Å². The molecule has 1 amide bonds. The van der Waals surface area contributed by atoms with Crippen molar-refractivity contribution in [3.8, 4) is 11.9 Å². The normalized spacial score (nSPS) is 25.3. The van der Waals surface area contributed by atoms with E-state index in [4.69, 9.17) is 14.2 Å². The van der Waals surface area contributed by atoms with E-state index in [-0.39, 0.29) is 24.3 Å². The smallest absolute Gasteiger partial charge is 0.410 e. The van der Waals surface area contributed by atoms with Crippen molar-refractivity contribution in [2.24, 2.45) is 0 Å². The van der Waals surface area contributed by atoms with Crippen LogP contribution in [-0.2, 0) is 9.47 Å². The maximum absolute atomic E-state index is 12.6. The molecular weight excluding hydrogens is 402 g/mol. The fourth-order valence-electron chi connectivity index (χ4n) is 3.33. The number of nitrogens with zero attached hydrogens (tertiary/aromatic N) is 3. The maximum Gasteiger partial charge on any atom is 0.410 e. The fourth-order valence-corrected chi connectivity index (χ4v) is 3.66. The molecular formula is C18H22BrN3O4. The van der Waals surface area contributed by atoms with Gasteiger partial charge in [0.05, 0.1) is 25.3 Å². The van der Waals surface area contributed by atoms with Crippen molar-refractivity contribution in [1.82, 2.24) is 9.88 Å². The zero-order valence-corrected chi connectivity index (χ0v) is 16.7. The molecule has 0 aliphatic carbocycles. The third-order valence-electron chi connectivity index (χ3n) is 4.30. The van der Waals surface area contributed by atoms with E-state index in [9.17, 15) is 10.1 Å². The van der Waals surface area contributed by atoms with Crippen molar-refractivity contribution < 1.29 is 19.0 Å². The van der Waals surface area contributed by atoms with Crippen molar-refractivity contribution in [3.05, 3.63) is 22.3 Å². The van der Waals surface area contributed by atoms with Gasteiger partial charge in [-0.25, -0.2) is 9.78 Å². The first-order valence-corrected chi connectivity index (χ1v) is 9.37. The van der Waals surface area contributed by atoms with Crippen LogP contribution in [0.15, 0.2) is 16.7 Å². The second-order valence-electron chi connectivity index (χ2n) is 7.56. The highest BCUT2D eigenvalue weighted by Crippen LogP contribution is 2.32. The number of piperidine rings is 1. The van der Waals surface area contributed by atoms with Gasteiger partial charge in [0.25, 0.3) is 0 Å². The molecule has 1 aromatic heterocycles. The summed E-state index contributed by atoms with van der Waals surface area (Å²) in [5, 5.41) is 9.28. The molecule has 1 aromatic rings. The molecule has 2 bridgehead atoms. The lowest BCUT2D eigenvalue weighted by atomic mass is 9.92. The molecule has 8 heteroatoms. The SMILES string of the molecule is CC(C)(C)OC(=O)N1C2COCC1CC(Oc1ncc(Br)cc1C#N)C2. The summed E-state index contributed by atoms with van der Waals surface area (Å²) in [6, 6.07) is 3.57. The molecule has 2 unspecified atom stereocenters. The minimum atomic E-state index is -0.539. The first-order chi connectivity index (χ1) is 12.3. The largest absolute Gasteiger partial charge is 0.473 e. The summed E-state index contributed by atoms with van der Waals surface area (Å²) in [5.74, 6) is 0.324. The van der Waals surface area contributed by atoms with Crippen LogP contribution in [0.4, 0.5) is 4.79 Å². The molecule has 2 saturated heterocycles. The topological polar surface area (TPSA) is 84.7 Å². The first-order valence-electron chi connectivity index (χ1n) is 8.58. The van der Waals surface area contributed by atoms with Gasteiger partial charge in [-0.1, -0.05) is 0 Å². The number of hydrogen-bond donors (Lipinski definition) is 0. The summed E-state index contributed by atoms with van der Waals surface area (Å²) in [6.07, 6.45) is 2.38. The molecule has 3 rings (SSSR count). The van der Waals surface area contributed by atoms with Crippen molar-refractivity contribution in [2.45, 2.75) is 57.4 Å². The molecule has 0 spiro atoms. The van der Waals surface area contributed by atoms with Gasteiger partial charge >= 0.3 is 6.09 Å². The summed E-state index contributed by atoms with van der Waals surface area (Å²) in [6.45, 7) is 6.48. The van der Waals surface area contributed by atoms with Gasteiger partial charge in [-0.2, -0.15) is 5.26 Å². The van der Waals surface area contributed by atoms with Crippen LogP contribution in [0.3, 0.4) is 0 Å². The maximum atomic E-state index is 12.6. The Morgan fingerprint density at radius 1 is 1.38 bits per heavy atom. The van der Waals surface area contributed by atoms with E-state index in [2.05, 4.69) is 27.0 Å². The Balaban J connectivity index is 1.72. The quantitative estimate of drug-likeness (QED) is 0.725. The predicted octanol–water partition coefficient (Wildman–Crippen LogP) is 3.26. The molecule has 0 saturated carbocycles. The number of fused-ring (bicyclic) bond motifs is 2. The van der Waals surface area contributed by atoms with Crippen LogP contribution in [0.5, 0.6) is 5.88 Å². The number of nitriles is 1. The average Bonchev–Trinajstić information content (AvgIpc) is 2.54. The third kappa shape index (κ3) is 4.27. The Morgan fingerprint density at radius 2 is 2.04 bits per heavy atom. The number of carbonyl (C=O) groups excluding carboxylic acids is 1. The van der Waals surface area contributed by atoms with E-state index < -0.39 is 5.60 Å². The van der Waals surface area contributed by atoms with E-state index in [0.717, 1.165) is 4.47 Å². The molecule has 2 fully saturated rings. The van der Waals surface area contributed by atoms with E-state index in [0.29, 0.717) is 37.5 Å². The summed E-state index contributed by atoms with van der Waals surface area (Å²) < 4.78 is 17.9. The second kappa shape index (κ2) is 7.41. The monoisotopic (exact) mass is 423 g/mol. The summed E-state index contributed by atoms with van der Waals surface area (Å²) in [7, 11) is 0. The van der Waals surface area contributed by atoms with E-state index >= 15 is 0 Å². The zero-order valence-electron chi connectivity index (χ0n) is 15.1. The number of halogens is 1. The highest BCUT2D eigenvalue weighted by Gasteiger charge is 2.44. The van der Waals surface area contributed by atoms with Gasteiger partial charge in [-0.05, 0) is 42.8 Å². The van der Waals surface area contributed by atoms with E-state index in [1.54, 1.807) is 17.2 Å². The number of ether oxygens (including phenoxy) is 3. The summed E-state index contributed by atoms with van der Waals surface area (Å²) >= 11 is 3.31. The number of aromatic nitrogens is 1. The number of carbonyl (C=O) groups is 1. The Morgan fingerprint density at radius 3 is 2.62 bits per heavy atom. The minimum Gasteiger partial charge on any atom is -0.473 e. The second-order valence-corrected chi connectivity index (χ2v) is 8.48. The van der Waals surface area contributed by atoms with Crippen molar-refractivity contribution in [3.63, 3.8) is 0 Å². The Kier molecular flexibility index (Phi) is 5.39. The van der Waals surface area contributed by atoms with Crippen molar-refractivity contribution >= 4 is 22.0 Å². The lowest BCUT2D eigenvalue weighted by Crippen LogP contribution is -2.61. The van der Waals surface area contributed by atoms with E-state index in [1.807, 2.05) is 20.8 Å². The first kappa shape index (κ1) is 18.9. The van der Waals surface area contributed by atoms with Gasteiger partial charge in [0.15, 0.2) is 0 Å². The number of hydrogen-bond acceptors (Lipinski definition) is 6. The highest BCUT2D eigenvalue weighted by molar-refractivity contribution is 9.10. The summed E-state index contributed by atoms with van der Waals surface area (Å²) in [4.78, 5) is 18.6. The molecule has 0 radical (unpaired) electrons. The molecule has 2 aliphatic heterocycles. The van der Waals surface area contributed by atoms with Crippen LogP contribution in [0.2, 0.25) is 0 Å². The minimum absolute atomic E-state index is 0.108. The average molecular weight is 424 g/mol. The number of amides is 1. The molecule has 26 heavy (non-hydrogen) atoms. The standard InChI is InChI=1S/C18H22BrN3O4/c1-18(2,3)26-17(23)22-13-5-15(6-14(22)10-24-9-13)25-16-11(7-20)4-12(19)8-21-16/h4,8,13-15H,5-6,9-10H2,1-3H3. The Hall–Kier alpha value is -1.85. The Labute approximate surface area is 161 Å².